The predicted molar refractivity (Wildman–Crippen MR) is 145 cm³/mol. The molecule has 2 N–H and O–H groups in total. The molecule has 1 heterocycles. The second-order valence-electron chi connectivity index (χ2n) is 8.48. The average Bonchev–Trinajstić information content (AvgIpc) is 3.08. The molecule has 184 valence electrons. The van der Waals surface area contributed by atoms with E-state index in [0.29, 0.717) is 33.2 Å². The van der Waals surface area contributed by atoms with Gasteiger partial charge in [-0.2, -0.15) is 0 Å². The number of halogens is 2. The van der Waals surface area contributed by atoms with Crippen LogP contribution in [0.2, 0.25) is 5.02 Å². The molecule has 0 fully saturated rings. The van der Waals surface area contributed by atoms with Gasteiger partial charge >= 0.3 is 0 Å². The smallest absolute Gasteiger partial charge is 0.283 e. The molecule has 0 saturated carbocycles. The van der Waals surface area contributed by atoms with E-state index in [-0.39, 0.29) is 16.6 Å². The molecular weight excluding hydrogens is 497 g/mol. The minimum atomic E-state index is -0.633. The average molecular weight is 522 g/mol. The van der Waals surface area contributed by atoms with Gasteiger partial charge < -0.3 is 10.6 Å². The summed E-state index contributed by atoms with van der Waals surface area (Å²) in [5, 5.41) is 6.01. The minimum Gasteiger partial charge on any atom is -0.350 e. The molecule has 1 aliphatic rings. The summed E-state index contributed by atoms with van der Waals surface area (Å²) in [6.45, 7) is 3.88. The van der Waals surface area contributed by atoms with Crippen LogP contribution < -0.4 is 15.5 Å². The van der Waals surface area contributed by atoms with Gasteiger partial charge in [0.1, 0.15) is 10.7 Å². The van der Waals surface area contributed by atoms with Gasteiger partial charge in [0, 0.05) is 22.0 Å². The van der Waals surface area contributed by atoms with Crippen molar-refractivity contribution in [1.82, 2.24) is 0 Å². The van der Waals surface area contributed by atoms with E-state index in [1.807, 2.05) is 24.3 Å². The topological polar surface area (TPSA) is 78.5 Å². The number of nitrogens with zero attached hydrogens (tertiary/aromatic N) is 1. The Kier molecular flexibility index (Phi) is 7.77. The molecule has 3 aromatic rings. The Bertz CT molecular complexity index is 1350. The van der Waals surface area contributed by atoms with Crippen molar-refractivity contribution >= 4 is 58.0 Å². The Hall–Kier alpha value is -3.61. The van der Waals surface area contributed by atoms with Gasteiger partial charge in [0.15, 0.2) is 0 Å². The van der Waals surface area contributed by atoms with Crippen LogP contribution in [0, 0.1) is 6.92 Å². The normalized spacial score (nSPS) is 13.4. The van der Waals surface area contributed by atoms with Crippen LogP contribution in [-0.4, -0.2) is 17.7 Å². The van der Waals surface area contributed by atoms with Crippen molar-refractivity contribution in [3.05, 3.63) is 99.2 Å². The van der Waals surface area contributed by atoms with Gasteiger partial charge in [0.25, 0.3) is 17.7 Å². The zero-order valence-electron chi connectivity index (χ0n) is 19.9. The summed E-state index contributed by atoms with van der Waals surface area (Å²) in [6.07, 6.45) is 3.29. The number of hydrogen-bond donors (Lipinski definition) is 2. The molecular formula is C28H25Cl2N3O3. The lowest BCUT2D eigenvalue weighted by Gasteiger charge is -2.18. The lowest BCUT2D eigenvalue weighted by atomic mass is 10.1. The van der Waals surface area contributed by atoms with Crippen LogP contribution in [0.15, 0.2) is 77.5 Å². The lowest BCUT2D eigenvalue weighted by molar-refractivity contribution is -0.120. The number of imide groups is 1. The molecule has 0 bridgehead atoms. The summed E-state index contributed by atoms with van der Waals surface area (Å²) in [7, 11) is 0. The minimum absolute atomic E-state index is 0.0404. The third-order valence-corrected chi connectivity index (χ3v) is 6.71. The fraction of sp³-hybridized carbons (Fsp3) is 0.179. The third-order valence-electron chi connectivity index (χ3n) is 5.95. The summed E-state index contributed by atoms with van der Waals surface area (Å²) in [4.78, 5) is 39.5. The standard InChI is InChI=1S/C28H25Cl2N3O3/c1-3-4-6-18-9-13-21(14-10-18)32-26(34)19-11-15-20(16-12-19)31-25-24(30)27(35)33(28(25)36)23-8-5-7-22(29)17(23)2/h5,7-16,31H,3-4,6H2,1-2H3,(H,32,34). The van der Waals surface area contributed by atoms with E-state index in [0.717, 1.165) is 24.2 Å². The van der Waals surface area contributed by atoms with Crippen LogP contribution in [0.5, 0.6) is 0 Å². The van der Waals surface area contributed by atoms with E-state index < -0.39 is 11.8 Å². The highest BCUT2D eigenvalue weighted by atomic mass is 35.5. The van der Waals surface area contributed by atoms with Gasteiger partial charge in [-0.1, -0.05) is 54.7 Å². The van der Waals surface area contributed by atoms with Crippen molar-refractivity contribution in [2.24, 2.45) is 0 Å². The summed E-state index contributed by atoms with van der Waals surface area (Å²) < 4.78 is 0. The molecule has 1 aliphatic heterocycles. The van der Waals surface area contributed by atoms with Crippen molar-refractivity contribution in [3.8, 4) is 0 Å². The first kappa shape index (κ1) is 25.5. The number of carbonyl (C=O) groups is 3. The van der Waals surface area contributed by atoms with Crippen LogP contribution in [0.4, 0.5) is 17.1 Å². The van der Waals surface area contributed by atoms with Crippen molar-refractivity contribution in [3.63, 3.8) is 0 Å². The molecule has 4 rings (SSSR count). The zero-order chi connectivity index (χ0) is 25.8. The fourth-order valence-electron chi connectivity index (χ4n) is 3.86. The Balaban J connectivity index is 1.44. The van der Waals surface area contributed by atoms with Crippen LogP contribution in [0.3, 0.4) is 0 Å². The molecule has 0 unspecified atom stereocenters. The number of amides is 3. The van der Waals surface area contributed by atoms with Crippen LogP contribution >= 0.6 is 23.2 Å². The maximum atomic E-state index is 13.0. The first-order valence-corrected chi connectivity index (χ1v) is 12.4. The first-order chi connectivity index (χ1) is 17.3. The molecule has 0 radical (unpaired) electrons. The quantitative estimate of drug-likeness (QED) is 0.324. The number of anilines is 3. The van der Waals surface area contributed by atoms with Gasteiger partial charge in [-0.05, 0) is 79.4 Å². The number of nitrogens with one attached hydrogen (secondary N) is 2. The predicted octanol–water partition coefficient (Wildman–Crippen LogP) is 6.68. The van der Waals surface area contributed by atoms with E-state index in [2.05, 4.69) is 17.6 Å². The highest BCUT2D eigenvalue weighted by molar-refractivity contribution is 6.53. The van der Waals surface area contributed by atoms with Gasteiger partial charge in [-0.25, -0.2) is 4.90 Å². The number of aryl methyl sites for hydroxylation is 1. The van der Waals surface area contributed by atoms with E-state index in [1.165, 1.54) is 5.56 Å². The molecule has 0 atom stereocenters. The number of unbranched alkanes of at least 4 members (excludes halogenated alkanes) is 1. The van der Waals surface area contributed by atoms with Gasteiger partial charge in [-0.15, -0.1) is 0 Å². The third kappa shape index (κ3) is 5.30. The molecule has 36 heavy (non-hydrogen) atoms. The maximum Gasteiger partial charge on any atom is 0.283 e. The first-order valence-electron chi connectivity index (χ1n) is 11.6. The molecule has 0 spiro atoms. The van der Waals surface area contributed by atoms with E-state index in [4.69, 9.17) is 23.2 Å². The lowest BCUT2D eigenvalue weighted by Crippen LogP contribution is -2.32. The van der Waals surface area contributed by atoms with Crippen molar-refractivity contribution < 1.29 is 14.4 Å². The highest BCUT2D eigenvalue weighted by Crippen LogP contribution is 2.34. The van der Waals surface area contributed by atoms with Crippen molar-refractivity contribution in [2.45, 2.75) is 33.1 Å². The zero-order valence-corrected chi connectivity index (χ0v) is 21.4. The molecule has 6 nitrogen and oxygen atoms in total. The maximum absolute atomic E-state index is 13.0. The molecule has 0 saturated heterocycles. The second-order valence-corrected chi connectivity index (χ2v) is 9.26. The second kappa shape index (κ2) is 11.0. The summed E-state index contributed by atoms with van der Waals surface area (Å²) in [5.74, 6) is -1.47. The van der Waals surface area contributed by atoms with Gasteiger partial charge in [-0.3, -0.25) is 14.4 Å². The van der Waals surface area contributed by atoms with Gasteiger partial charge in [0.05, 0.1) is 5.69 Å². The molecule has 0 aromatic heterocycles. The van der Waals surface area contributed by atoms with Crippen LogP contribution in [0.1, 0.15) is 41.3 Å². The fourth-order valence-corrected chi connectivity index (χ4v) is 4.24. The molecule has 3 amide bonds. The monoisotopic (exact) mass is 521 g/mol. The number of benzene rings is 3. The Morgan fingerprint density at radius 3 is 2.22 bits per heavy atom. The van der Waals surface area contributed by atoms with Crippen molar-refractivity contribution in [1.29, 1.82) is 0 Å². The van der Waals surface area contributed by atoms with E-state index in [1.54, 1.807) is 49.4 Å². The SMILES string of the molecule is CCCCc1ccc(NC(=O)c2ccc(NC3=C(Cl)C(=O)N(c4cccc(Cl)c4C)C3=O)cc2)cc1. The number of rotatable bonds is 8. The Morgan fingerprint density at radius 2 is 1.56 bits per heavy atom. The largest absolute Gasteiger partial charge is 0.350 e. The van der Waals surface area contributed by atoms with E-state index >= 15 is 0 Å². The summed E-state index contributed by atoms with van der Waals surface area (Å²) in [6, 6.07) is 19.3. The number of hydrogen-bond acceptors (Lipinski definition) is 4. The highest BCUT2D eigenvalue weighted by Gasteiger charge is 2.39. The Labute approximate surface area is 219 Å². The number of carbonyl (C=O) groups excluding carboxylic acids is 3. The van der Waals surface area contributed by atoms with Crippen LogP contribution in [0.25, 0.3) is 0 Å². The van der Waals surface area contributed by atoms with Gasteiger partial charge in [0.2, 0.25) is 0 Å². The summed E-state index contributed by atoms with van der Waals surface area (Å²) >= 11 is 12.4. The molecule has 0 aliphatic carbocycles. The molecule has 8 heteroatoms. The van der Waals surface area contributed by atoms with E-state index in [9.17, 15) is 14.4 Å². The van der Waals surface area contributed by atoms with Crippen molar-refractivity contribution in [2.75, 3.05) is 15.5 Å². The Morgan fingerprint density at radius 1 is 0.889 bits per heavy atom. The summed E-state index contributed by atoms with van der Waals surface area (Å²) in [5.41, 5.74) is 3.83. The molecule has 3 aromatic carbocycles. The van der Waals surface area contributed by atoms with Crippen LogP contribution in [-0.2, 0) is 16.0 Å².